The highest BCUT2D eigenvalue weighted by atomic mass is 35.5. The van der Waals surface area contributed by atoms with E-state index in [4.69, 9.17) is 22.4 Å². The smallest absolute Gasteiger partial charge is 0.338 e. The number of nitrogens with zero attached hydrogens (tertiary/aromatic N) is 3. The van der Waals surface area contributed by atoms with Crippen LogP contribution < -0.4 is 10.5 Å². The van der Waals surface area contributed by atoms with Gasteiger partial charge < -0.3 is 20.1 Å². The Balaban J connectivity index is 1.45. The van der Waals surface area contributed by atoms with E-state index in [1.165, 1.54) is 12.4 Å². The van der Waals surface area contributed by atoms with E-state index in [0.717, 1.165) is 61.0 Å². The molecule has 0 aliphatic heterocycles. The molecule has 0 saturated heterocycles. The number of rotatable bonds is 6. The number of nitrogens with one attached hydrogen (secondary N) is 1. The molecule has 0 radical (unpaired) electrons. The van der Waals surface area contributed by atoms with Gasteiger partial charge in [0.05, 0.1) is 21.7 Å². The summed E-state index contributed by atoms with van der Waals surface area (Å²) in [7, 11) is 0. The minimum atomic E-state index is -1.42. The molecule has 0 unspecified atom stereocenters. The van der Waals surface area contributed by atoms with Crippen molar-refractivity contribution in [3.63, 3.8) is 0 Å². The second-order valence-corrected chi connectivity index (χ2v) is 9.57. The Labute approximate surface area is 208 Å². The molecule has 2 aromatic carbocycles. The van der Waals surface area contributed by atoms with Gasteiger partial charge in [0.2, 0.25) is 0 Å². The van der Waals surface area contributed by atoms with Crippen LogP contribution in [0, 0.1) is 11.6 Å². The van der Waals surface area contributed by atoms with Crippen molar-refractivity contribution in [3.8, 4) is 11.1 Å². The predicted octanol–water partition coefficient (Wildman–Crippen LogP) is 6.54. The van der Waals surface area contributed by atoms with E-state index in [2.05, 4.69) is 19.3 Å². The van der Waals surface area contributed by atoms with Gasteiger partial charge in [-0.25, -0.2) is 23.5 Å². The first kappa shape index (κ1) is 23.4. The average Bonchev–Trinajstić information content (AvgIpc) is 3.47. The molecule has 0 atom stereocenters. The van der Waals surface area contributed by atoms with Crippen LogP contribution in [0.4, 0.5) is 20.3 Å². The number of anilines is 2. The summed E-state index contributed by atoms with van der Waals surface area (Å²) < 4.78 is 33.8. The number of aromatic nitrogens is 3. The number of halogens is 3. The van der Waals surface area contributed by atoms with Gasteiger partial charge in [0, 0.05) is 22.7 Å². The molecule has 5 rings (SSSR count). The SMILES string of the molecule is Nc1ncnc2c1c(-c1ccc(NSc3cc(C(=O)O)c(F)cc3Cl)c(F)c1)cn2C1CCCC1. The quantitative estimate of drug-likeness (QED) is 0.250. The van der Waals surface area contributed by atoms with E-state index in [0.29, 0.717) is 22.8 Å². The van der Waals surface area contributed by atoms with Crippen LogP contribution in [0.25, 0.3) is 22.2 Å². The number of nitrogens with two attached hydrogens (primary N) is 1. The lowest BCUT2D eigenvalue weighted by Crippen LogP contribution is -2.04. The third kappa shape index (κ3) is 4.39. The maximum Gasteiger partial charge on any atom is 0.338 e. The number of benzene rings is 2. The van der Waals surface area contributed by atoms with Crippen LogP contribution in [-0.4, -0.2) is 25.6 Å². The molecule has 1 aliphatic carbocycles. The number of carboxylic acids is 1. The molecule has 2 aromatic heterocycles. The fourth-order valence-corrected chi connectivity index (χ4v) is 5.42. The van der Waals surface area contributed by atoms with Crippen molar-refractivity contribution in [1.82, 2.24) is 14.5 Å². The van der Waals surface area contributed by atoms with E-state index < -0.39 is 23.2 Å². The highest BCUT2D eigenvalue weighted by Crippen LogP contribution is 2.39. The van der Waals surface area contributed by atoms with Crippen molar-refractivity contribution < 1.29 is 18.7 Å². The van der Waals surface area contributed by atoms with Gasteiger partial charge in [-0.05, 0) is 54.6 Å². The summed E-state index contributed by atoms with van der Waals surface area (Å²) in [6.45, 7) is 0. The summed E-state index contributed by atoms with van der Waals surface area (Å²) >= 11 is 6.92. The number of carbonyl (C=O) groups is 1. The molecule has 4 N–H and O–H groups in total. The highest BCUT2D eigenvalue weighted by molar-refractivity contribution is 8.00. The molecule has 0 amide bonds. The Hall–Kier alpha value is -3.37. The Bertz CT molecular complexity index is 1460. The average molecular weight is 516 g/mol. The Morgan fingerprint density at radius 2 is 1.94 bits per heavy atom. The summed E-state index contributed by atoms with van der Waals surface area (Å²) in [6, 6.07) is 7.04. The summed E-state index contributed by atoms with van der Waals surface area (Å²) in [5.74, 6) is -2.57. The van der Waals surface area contributed by atoms with Crippen molar-refractivity contribution in [2.75, 3.05) is 10.5 Å². The number of hydrogen-bond acceptors (Lipinski definition) is 6. The number of fused-ring (bicyclic) bond motifs is 1. The lowest BCUT2D eigenvalue weighted by molar-refractivity contribution is 0.0691. The van der Waals surface area contributed by atoms with Crippen molar-refractivity contribution in [1.29, 1.82) is 0 Å². The fraction of sp³-hybridized carbons (Fsp3) is 0.208. The van der Waals surface area contributed by atoms with Crippen molar-refractivity contribution in [3.05, 3.63) is 65.1 Å². The molecule has 1 saturated carbocycles. The van der Waals surface area contributed by atoms with Crippen molar-refractivity contribution >= 4 is 52.1 Å². The van der Waals surface area contributed by atoms with Crippen LogP contribution in [0.15, 0.2) is 47.8 Å². The first-order valence-corrected chi connectivity index (χ1v) is 12.1. The monoisotopic (exact) mass is 515 g/mol. The summed E-state index contributed by atoms with van der Waals surface area (Å²) in [5.41, 5.74) is 7.92. The zero-order valence-corrected chi connectivity index (χ0v) is 19.8. The van der Waals surface area contributed by atoms with Gasteiger partial charge >= 0.3 is 5.97 Å². The lowest BCUT2D eigenvalue weighted by atomic mass is 10.1. The Morgan fingerprint density at radius 3 is 2.66 bits per heavy atom. The van der Waals surface area contributed by atoms with Crippen LogP contribution in [0.2, 0.25) is 5.02 Å². The van der Waals surface area contributed by atoms with Gasteiger partial charge in [-0.3, -0.25) is 0 Å². The van der Waals surface area contributed by atoms with Crippen LogP contribution in [0.5, 0.6) is 0 Å². The lowest BCUT2D eigenvalue weighted by Gasteiger charge is -2.12. The zero-order valence-electron chi connectivity index (χ0n) is 18.3. The number of carboxylic acid groups (broad SMARTS) is 1. The Morgan fingerprint density at radius 1 is 1.17 bits per heavy atom. The topological polar surface area (TPSA) is 106 Å². The van der Waals surface area contributed by atoms with Gasteiger partial charge in [-0.15, -0.1) is 0 Å². The van der Waals surface area contributed by atoms with E-state index in [1.807, 2.05) is 6.20 Å². The maximum absolute atomic E-state index is 15.1. The third-order valence-electron chi connectivity index (χ3n) is 6.16. The van der Waals surface area contributed by atoms with Crippen molar-refractivity contribution in [2.45, 2.75) is 36.6 Å². The van der Waals surface area contributed by atoms with E-state index in [-0.39, 0.29) is 15.6 Å². The second-order valence-electron chi connectivity index (χ2n) is 8.31. The number of hydrogen-bond donors (Lipinski definition) is 3. The minimum Gasteiger partial charge on any atom is -0.478 e. The first-order valence-electron chi connectivity index (χ1n) is 10.9. The molecular formula is C24H20ClF2N5O2S. The molecule has 0 spiro atoms. The predicted molar refractivity (Wildman–Crippen MR) is 133 cm³/mol. The normalized spacial score (nSPS) is 14.0. The molecule has 35 heavy (non-hydrogen) atoms. The molecule has 0 bridgehead atoms. The fourth-order valence-electron chi connectivity index (χ4n) is 4.43. The van der Waals surface area contributed by atoms with Crippen LogP contribution in [0.3, 0.4) is 0 Å². The standard InChI is InChI=1S/C24H20ClF2N5O2S/c25-16-9-17(26)14(24(33)34)8-20(16)35-31-19-6-5-12(7-18(19)27)15-10-32(13-3-1-2-4-13)23-21(15)22(28)29-11-30-23/h5-11,13,31H,1-4H2,(H,33,34)(H2,28,29,30). The molecular weight excluding hydrogens is 496 g/mol. The second kappa shape index (κ2) is 9.35. The van der Waals surface area contributed by atoms with Gasteiger partial charge in [-0.2, -0.15) is 0 Å². The van der Waals surface area contributed by atoms with Gasteiger partial charge in [0.15, 0.2) is 0 Å². The molecule has 1 fully saturated rings. The van der Waals surface area contributed by atoms with Crippen LogP contribution in [0.1, 0.15) is 42.1 Å². The van der Waals surface area contributed by atoms with Gasteiger partial charge in [-0.1, -0.05) is 30.5 Å². The minimum absolute atomic E-state index is 0.0113. The molecule has 4 aromatic rings. The Kier molecular flexibility index (Phi) is 6.24. The molecule has 7 nitrogen and oxygen atoms in total. The van der Waals surface area contributed by atoms with Crippen molar-refractivity contribution in [2.24, 2.45) is 0 Å². The number of nitrogen functional groups attached to an aromatic ring is 1. The van der Waals surface area contributed by atoms with E-state index in [9.17, 15) is 9.18 Å². The van der Waals surface area contributed by atoms with Gasteiger partial charge in [0.1, 0.15) is 29.4 Å². The van der Waals surface area contributed by atoms with E-state index in [1.54, 1.807) is 12.1 Å². The summed E-state index contributed by atoms with van der Waals surface area (Å²) in [6.07, 6.45) is 7.81. The molecule has 1 aliphatic rings. The summed E-state index contributed by atoms with van der Waals surface area (Å²) in [5, 5.41) is 9.82. The highest BCUT2D eigenvalue weighted by Gasteiger charge is 2.23. The van der Waals surface area contributed by atoms with Crippen LogP contribution >= 0.6 is 23.5 Å². The van der Waals surface area contributed by atoms with Crippen LogP contribution in [-0.2, 0) is 0 Å². The third-order valence-corrected chi connectivity index (χ3v) is 7.46. The zero-order chi connectivity index (χ0) is 24.7. The van der Waals surface area contributed by atoms with E-state index >= 15 is 4.39 Å². The molecule has 2 heterocycles. The first-order chi connectivity index (χ1) is 16.8. The number of aromatic carboxylic acids is 1. The molecule has 11 heteroatoms. The van der Waals surface area contributed by atoms with Gasteiger partial charge in [0.25, 0.3) is 0 Å². The maximum atomic E-state index is 15.1. The molecule has 180 valence electrons. The largest absolute Gasteiger partial charge is 0.478 e. The summed E-state index contributed by atoms with van der Waals surface area (Å²) in [4.78, 5) is 20.0.